The number of nitrogens with zero attached hydrogens (tertiary/aromatic N) is 2. The lowest BCUT2D eigenvalue weighted by molar-refractivity contribution is 0.868. The lowest BCUT2D eigenvalue weighted by Gasteiger charge is -2.14. The molecule has 5 nitrogen and oxygen atoms in total. The van der Waals surface area contributed by atoms with Crippen LogP contribution < -0.4 is 11.3 Å². The van der Waals surface area contributed by atoms with E-state index in [1.165, 1.54) is 0 Å². The fourth-order valence-corrected chi connectivity index (χ4v) is 3.16. The summed E-state index contributed by atoms with van der Waals surface area (Å²) in [5.41, 5.74) is 9.46. The van der Waals surface area contributed by atoms with E-state index in [2.05, 4.69) is 15.0 Å². The van der Waals surface area contributed by atoms with Crippen molar-refractivity contribution >= 4 is 5.84 Å². The maximum atomic E-state index is 12.6. The van der Waals surface area contributed by atoms with Gasteiger partial charge in [-0.25, -0.2) is 4.98 Å². The van der Waals surface area contributed by atoms with E-state index in [9.17, 15) is 4.79 Å². The Morgan fingerprint density at radius 2 is 1.34 bits per heavy atom. The fraction of sp³-hybridized carbons (Fsp3) is 0.0417. The molecule has 0 amide bonds. The summed E-state index contributed by atoms with van der Waals surface area (Å²) in [6.07, 6.45) is 1.61. The van der Waals surface area contributed by atoms with Crippen LogP contribution in [0.2, 0.25) is 0 Å². The second-order valence-electron chi connectivity index (χ2n) is 6.58. The SMILES string of the molecule is NC(=NC(c1ccccc1)c1ccccc1)c1ncc(-c2ccccc2)[nH]c1=O. The van der Waals surface area contributed by atoms with Crippen molar-refractivity contribution in [3.63, 3.8) is 0 Å². The lowest BCUT2D eigenvalue weighted by Crippen LogP contribution is -2.27. The molecule has 0 spiro atoms. The van der Waals surface area contributed by atoms with Crippen LogP contribution in [0.15, 0.2) is 107 Å². The summed E-state index contributed by atoms with van der Waals surface area (Å²) in [6, 6.07) is 28.9. The van der Waals surface area contributed by atoms with Crippen LogP contribution in [0.4, 0.5) is 0 Å². The summed E-state index contributed by atoms with van der Waals surface area (Å²) in [7, 11) is 0. The number of nitrogens with one attached hydrogen (secondary N) is 1. The number of aromatic nitrogens is 2. The van der Waals surface area contributed by atoms with Crippen LogP contribution in [0.3, 0.4) is 0 Å². The predicted molar refractivity (Wildman–Crippen MR) is 116 cm³/mol. The Bertz CT molecular complexity index is 1130. The van der Waals surface area contributed by atoms with Gasteiger partial charge in [-0.05, 0) is 16.7 Å². The first-order valence-electron chi connectivity index (χ1n) is 9.30. The van der Waals surface area contributed by atoms with E-state index in [1.807, 2.05) is 91.0 Å². The molecule has 0 aliphatic carbocycles. The third kappa shape index (κ3) is 4.14. The van der Waals surface area contributed by atoms with Crippen LogP contribution in [-0.2, 0) is 0 Å². The Hall–Kier alpha value is -3.99. The van der Waals surface area contributed by atoms with Crippen LogP contribution in [0.5, 0.6) is 0 Å². The minimum Gasteiger partial charge on any atom is -0.382 e. The summed E-state index contributed by atoms with van der Waals surface area (Å²) in [5.74, 6) is 0.101. The zero-order chi connectivity index (χ0) is 20.1. The molecule has 0 bridgehead atoms. The molecule has 0 aliphatic heterocycles. The first-order chi connectivity index (χ1) is 14.2. The maximum Gasteiger partial charge on any atom is 0.278 e. The van der Waals surface area contributed by atoms with Crippen molar-refractivity contribution in [2.45, 2.75) is 6.04 Å². The quantitative estimate of drug-likeness (QED) is 0.406. The number of aliphatic imine (C=N–C) groups is 1. The van der Waals surface area contributed by atoms with Gasteiger partial charge < -0.3 is 10.7 Å². The standard InChI is InChI=1S/C24H20N4O/c25-23(22-24(29)27-20(16-26-22)17-10-4-1-5-11-17)28-21(18-12-6-2-7-13-18)19-14-8-3-9-15-19/h1-16,21H,(H2,25,28)(H,27,29). The molecule has 1 aromatic heterocycles. The fourth-order valence-electron chi connectivity index (χ4n) is 3.16. The smallest absolute Gasteiger partial charge is 0.278 e. The second kappa shape index (κ2) is 8.35. The molecule has 0 radical (unpaired) electrons. The number of benzene rings is 3. The van der Waals surface area contributed by atoms with Gasteiger partial charge in [-0.1, -0.05) is 91.0 Å². The summed E-state index contributed by atoms with van der Waals surface area (Å²) >= 11 is 0. The van der Waals surface area contributed by atoms with Crippen molar-refractivity contribution in [3.05, 3.63) is 124 Å². The Labute approximate surface area is 168 Å². The molecule has 0 saturated heterocycles. The highest BCUT2D eigenvalue weighted by molar-refractivity contribution is 5.95. The van der Waals surface area contributed by atoms with Gasteiger partial charge in [0, 0.05) is 0 Å². The van der Waals surface area contributed by atoms with Crippen molar-refractivity contribution in [2.75, 3.05) is 0 Å². The third-order valence-corrected chi connectivity index (χ3v) is 4.61. The molecular formula is C24H20N4O. The average molecular weight is 380 g/mol. The van der Waals surface area contributed by atoms with Gasteiger partial charge >= 0.3 is 0 Å². The topological polar surface area (TPSA) is 84.1 Å². The third-order valence-electron chi connectivity index (χ3n) is 4.61. The summed E-state index contributed by atoms with van der Waals surface area (Å²) < 4.78 is 0. The number of hydrogen-bond acceptors (Lipinski definition) is 3. The van der Waals surface area contributed by atoms with Gasteiger partial charge in [0.25, 0.3) is 5.56 Å². The monoisotopic (exact) mass is 380 g/mol. The van der Waals surface area contributed by atoms with E-state index in [-0.39, 0.29) is 23.1 Å². The van der Waals surface area contributed by atoms with E-state index >= 15 is 0 Å². The van der Waals surface area contributed by atoms with E-state index in [1.54, 1.807) is 6.20 Å². The normalized spacial score (nSPS) is 11.6. The highest BCUT2D eigenvalue weighted by Gasteiger charge is 2.16. The van der Waals surface area contributed by atoms with Crippen molar-refractivity contribution in [1.29, 1.82) is 0 Å². The van der Waals surface area contributed by atoms with E-state index in [0.717, 1.165) is 16.7 Å². The summed E-state index contributed by atoms with van der Waals surface area (Å²) in [5, 5.41) is 0. The van der Waals surface area contributed by atoms with E-state index in [4.69, 9.17) is 5.73 Å². The van der Waals surface area contributed by atoms with Gasteiger partial charge in [0.1, 0.15) is 6.04 Å². The number of rotatable bonds is 5. The van der Waals surface area contributed by atoms with Crippen LogP contribution in [0, 0.1) is 0 Å². The highest BCUT2D eigenvalue weighted by Crippen LogP contribution is 2.26. The van der Waals surface area contributed by atoms with E-state index < -0.39 is 0 Å². The number of amidine groups is 1. The number of H-pyrrole nitrogens is 1. The van der Waals surface area contributed by atoms with Crippen molar-refractivity contribution in [2.24, 2.45) is 10.7 Å². The summed E-state index contributed by atoms with van der Waals surface area (Å²) in [6.45, 7) is 0. The number of hydrogen-bond donors (Lipinski definition) is 2. The Morgan fingerprint density at radius 1 is 0.828 bits per heavy atom. The molecule has 1 heterocycles. The minimum atomic E-state index is -0.368. The molecule has 4 rings (SSSR count). The van der Waals surface area contributed by atoms with Crippen molar-refractivity contribution in [3.8, 4) is 11.3 Å². The average Bonchev–Trinajstić information content (AvgIpc) is 2.79. The molecule has 0 fully saturated rings. The van der Waals surface area contributed by atoms with Gasteiger partial charge in [0.15, 0.2) is 11.5 Å². The molecule has 0 saturated carbocycles. The molecule has 0 atom stereocenters. The second-order valence-corrected chi connectivity index (χ2v) is 6.58. The Kier molecular flexibility index (Phi) is 5.29. The zero-order valence-corrected chi connectivity index (χ0v) is 15.7. The lowest BCUT2D eigenvalue weighted by atomic mass is 9.99. The Morgan fingerprint density at radius 3 is 1.86 bits per heavy atom. The molecule has 5 heteroatoms. The van der Waals surface area contributed by atoms with Gasteiger partial charge in [0.05, 0.1) is 11.9 Å². The van der Waals surface area contributed by atoms with Gasteiger partial charge in [0.2, 0.25) is 0 Å². The molecule has 29 heavy (non-hydrogen) atoms. The largest absolute Gasteiger partial charge is 0.382 e. The van der Waals surface area contributed by atoms with E-state index in [0.29, 0.717) is 5.69 Å². The zero-order valence-electron chi connectivity index (χ0n) is 15.7. The van der Waals surface area contributed by atoms with Crippen LogP contribution in [0.1, 0.15) is 22.9 Å². The molecule has 3 N–H and O–H groups in total. The Balaban J connectivity index is 1.73. The highest BCUT2D eigenvalue weighted by atomic mass is 16.1. The van der Waals surface area contributed by atoms with Gasteiger partial charge in [-0.3, -0.25) is 9.79 Å². The maximum absolute atomic E-state index is 12.6. The van der Waals surface area contributed by atoms with Crippen molar-refractivity contribution < 1.29 is 0 Å². The molecule has 4 aromatic rings. The number of aromatic amines is 1. The predicted octanol–water partition coefficient (Wildman–Crippen LogP) is 3.93. The molecule has 142 valence electrons. The van der Waals surface area contributed by atoms with Crippen LogP contribution >= 0.6 is 0 Å². The van der Waals surface area contributed by atoms with Crippen molar-refractivity contribution in [1.82, 2.24) is 9.97 Å². The molecular weight excluding hydrogens is 360 g/mol. The molecule has 0 aliphatic rings. The van der Waals surface area contributed by atoms with Crippen LogP contribution in [0.25, 0.3) is 11.3 Å². The first kappa shape index (κ1) is 18.4. The molecule has 3 aromatic carbocycles. The first-order valence-corrected chi connectivity index (χ1v) is 9.30. The van der Waals surface area contributed by atoms with Gasteiger partial charge in [-0.2, -0.15) is 0 Å². The summed E-state index contributed by atoms with van der Waals surface area (Å²) in [4.78, 5) is 24.4. The minimum absolute atomic E-state index is 0.101. The molecule has 0 unspecified atom stereocenters. The van der Waals surface area contributed by atoms with Crippen LogP contribution in [-0.4, -0.2) is 15.8 Å². The van der Waals surface area contributed by atoms with Gasteiger partial charge in [-0.15, -0.1) is 0 Å². The number of nitrogens with two attached hydrogens (primary N) is 1.